The highest BCUT2D eigenvalue weighted by Crippen LogP contribution is 2.22. The standard InChI is InChI=1S/C22H31FN6/c1-3-28-12-14-29(15-13-28)21-8-7-18(16-20(21)23)17-27-22(24-2)26-11-9-19-6-4-5-10-25-19/h4-8,10,16H,3,9,11-15,17H2,1-2H3,(H2,24,26,27). The molecule has 0 radical (unpaired) electrons. The summed E-state index contributed by atoms with van der Waals surface area (Å²) in [4.78, 5) is 13.1. The number of aliphatic imine (C=N–C) groups is 1. The molecule has 6 nitrogen and oxygen atoms in total. The molecule has 2 heterocycles. The van der Waals surface area contributed by atoms with Crippen molar-refractivity contribution in [1.82, 2.24) is 20.5 Å². The third-order valence-corrected chi connectivity index (χ3v) is 5.26. The third-order valence-electron chi connectivity index (χ3n) is 5.26. The maximum atomic E-state index is 14.7. The molecule has 156 valence electrons. The van der Waals surface area contributed by atoms with Gasteiger partial charge in [-0.15, -0.1) is 0 Å². The zero-order valence-corrected chi connectivity index (χ0v) is 17.4. The fourth-order valence-electron chi connectivity index (χ4n) is 3.48. The minimum atomic E-state index is -0.160. The van der Waals surface area contributed by atoms with Crippen LogP contribution in [0.25, 0.3) is 0 Å². The summed E-state index contributed by atoms with van der Waals surface area (Å²) >= 11 is 0. The number of benzene rings is 1. The number of anilines is 1. The molecule has 0 unspecified atom stereocenters. The summed E-state index contributed by atoms with van der Waals surface area (Å²) in [6.07, 6.45) is 2.61. The van der Waals surface area contributed by atoms with Crippen molar-refractivity contribution in [2.45, 2.75) is 19.9 Å². The highest BCUT2D eigenvalue weighted by molar-refractivity contribution is 5.79. The van der Waals surface area contributed by atoms with E-state index in [0.29, 0.717) is 18.2 Å². The van der Waals surface area contributed by atoms with Crippen LogP contribution >= 0.6 is 0 Å². The van der Waals surface area contributed by atoms with Crippen molar-refractivity contribution in [2.24, 2.45) is 4.99 Å². The van der Waals surface area contributed by atoms with E-state index in [0.717, 1.165) is 56.9 Å². The van der Waals surface area contributed by atoms with E-state index in [1.54, 1.807) is 19.3 Å². The van der Waals surface area contributed by atoms with Crippen molar-refractivity contribution < 1.29 is 4.39 Å². The molecular formula is C22H31FN6. The quantitative estimate of drug-likeness (QED) is 0.554. The molecule has 29 heavy (non-hydrogen) atoms. The molecule has 0 atom stereocenters. The number of rotatable bonds is 7. The van der Waals surface area contributed by atoms with Crippen molar-refractivity contribution in [3.05, 3.63) is 59.7 Å². The van der Waals surface area contributed by atoms with Gasteiger partial charge in [-0.25, -0.2) is 4.39 Å². The Labute approximate surface area is 172 Å². The molecule has 2 N–H and O–H groups in total. The van der Waals surface area contributed by atoms with Crippen LogP contribution < -0.4 is 15.5 Å². The van der Waals surface area contributed by atoms with Crippen LogP contribution in [0.1, 0.15) is 18.2 Å². The molecule has 1 aliphatic rings. The zero-order chi connectivity index (χ0) is 20.5. The van der Waals surface area contributed by atoms with Crippen LogP contribution in [0.2, 0.25) is 0 Å². The summed E-state index contributed by atoms with van der Waals surface area (Å²) in [5, 5.41) is 6.51. The van der Waals surface area contributed by atoms with E-state index >= 15 is 0 Å². The van der Waals surface area contributed by atoms with E-state index in [2.05, 4.69) is 37.3 Å². The molecule has 1 saturated heterocycles. The van der Waals surface area contributed by atoms with Crippen molar-refractivity contribution >= 4 is 11.6 Å². The molecule has 0 bridgehead atoms. The fraction of sp³-hybridized carbons (Fsp3) is 0.455. The van der Waals surface area contributed by atoms with Crippen LogP contribution in [0.15, 0.2) is 47.6 Å². The van der Waals surface area contributed by atoms with Crippen molar-refractivity contribution in [2.75, 3.05) is 51.2 Å². The molecule has 0 saturated carbocycles. The Bertz CT molecular complexity index is 787. The number of piperazine rings is 1. The van der Waals surface area contributed by atoms with Crippen LogP contribution in [0, 0.1) is 5.82 Å². The predicted molar refractivity (Wildman–Crippen MR) is 117 cm³/mol. The van der Waals surface area contributed by atoms with Crippen LogP contribution in [0.5, 0.6) is 0 Å². The zero-order valence-electron chi connectivity index (χ0n) is 17.4. The molecule has 7 heteroatoms. The maximum Gasteiger partial charge on any atom is 0.191 e. The first-order chi connectivity index (χ1) is 14.2. The Balaban J connectivity index is 1.47. The Morgan fingerprint density at radius 3 is 2.62 bits per heavy atom. The van der Waals surface area contributed by atoms with E-state index in [-0.39, 0.29) is 5.82 Å². The van der Waals surface area contributed by atoms with Gasteiger partial charge in [0.2, 0.25) is 0 Å². The molecule has 3 rings (SSSR count). The number of halogens is 1. The van der Waals surface area contributed by atoms with E-state index in [1.165, 1.54) is 0 Å². The van der Waals surface area contributed by atoms with E-state index < -0.39 is 0 Å². The summed E-state index contributed by atoms with van der Waals surface area (Å²) < 4.78 is 14.7. The first kappa shape index (κ1) is 21.0. The van der Waals surface area contributed by atoms with Gasteiger partial charge in [-0.3, -0.25) is 9.98 Å². The molecule has 1 aromatic carbocycles. The van der Waals surface area contributed by atoms with Crippen LogP contribution in [0.3, 0.4) is 0 Å². The van der Waals surface area contributed by atoms with Gasteiger partial charge in [-0.05, 0) is 36.4 Å². The lowest BCUT2D eigenvalue weighted by atomic mass is 10.1. The van der Waals surface area contributed by atoms with Crippen LogP contribution in [-0.4, -0.2) is 62.2 Å². The van der Waals surface area contributed by atoms with Gasteiger partial charge < -0.3 is 20.4 Å². The summed E-state index contributed by atoms with van der Waals surface area (Å²) in [6.45, 7) is 8.18. The van der Waals surface area contributed by atoms with Gasteiger partial charge in [0.1, 0.15) is 5.82 Å². The van der Waals surface area contributed by atoms with E-state index in [1.807, 2.05) is 30.3 Å². The average Bonchev–Trinajstić information content (AvgIpc) is 2.77. The van der Waals surface area contributed by atoms with Crippen molar-refractivity contribution in [1.29, 1.82) is 0 Å². The van der Waals surface area contributed by atoms with Crippen LogP contribution in [-0.2, 0) is 13.0 Å². The second-order valence-corrected chi connectivity index (χ2v) is 7.13. The molecule has 2 aromatic rings. The second kappa shape index (κ2) is 10.8. The lowest BCUT2D eigenvalue weighted by molar-refractivity contribution is 0.270. The minimum Gasteiger partial charge on any atom is -0.367 e. The molecule has 1 aromatic heterocycles. The number of aromatic nitrogens is 1. The van der Waals surface area contributed by atoms with Gasteiger partial charge in [0.05, 0.1) is 5.69 Å². The Morgan fingerprint density at radius 1 is 1.14 bits per heavy atom. The first-order valence-corrected chi connectivity index (χ1v) is 10.3. The van der Waals surface area contributed by atoms with E-state index in [9.17, 15) is 4.39 Å². The van der Waals surface area contributed by atoms with Gasteiger partial charge in [0.25, 0.3) is 0 Å². The van der Waals surface area contributed by atoms with Crippen molar-refractivity contribution in [3.63, 3.8) is 0 Å². The van der Waals surface area contributed by atoms with Gasteiger partial charge in [0.15, 0.2) is 5.96 Å². The van der Waals surface area contributed by atoms with Gasteiger partial charge in [-0.1, -0.05) is 19.1 Å². The number of guanidine groups is 1. The number of pyridine rings is 1. The normalized spacial score (nSPS) is 15.4. The third kappa shape index (κ3) is 6.15. The minimum absolute atomic E-state index is 0.160. The first-order valence-electron chi connectivity index (χ1n) is 10.3. The number of nitrogens with zero attached hydrogens (tertiary/aromatic N) is 4. The van der Waals surface area contributed by atoms with Crippen LogP contribution in [0.4, 0.5) is 10.1 Å². The molecule has 1 fully saturated rings. The molecule has 0 spiro atoms. The van der Waals surface area contributed by atoms with Crippen molar-refractivity contribution in [3.8, 4) is 0 Å². The second-order valence-electron chi connectivity index (χ2n) is 7.13. The van der Waals surface area contributed by atoms with E-state index in [4.69, 9.17) is 0 Å². The lowest BCUT2D eigenvalue weighted by Gasteiger charge is -2.35. The summed E-state index contributed by atoms with van der Waals surface area (Å²) in [6, 6.07) is 11.4. The largest absolute Gasteiger partial charge is 0.367 e. The number of likely N-dealkylation sites (N-methyl/N-ethyl adjacent to an activating group) is 1. The number of nitrogens with one attached hydrogen (secondary N) is 2. The SMILES string of the molecule is CCN1CCN(c2ccc(CNC(=NC)NCCc3ccccn3)cc2F)CC1. The van der Waals surface area contributed by atoms with Gasteiger partial charge in [0, 0.05) is 64.6 Å². The summed E-state index contributed by atoms with van der Waals surface area (Å²) in [5.41, 5.74) is 2.63. The topological polar surface area (TPSA) is 55.8 Å². The summed E-state index contributed by atoms with van der Waals surface area (Å²) in [5.74, 6) is 0.536. The highest BCUT2D eigenvalue weighted by Gasteiger charge is 2.18. The molecule has 0 amide bonds. The molecule has 0 aliphatic carbocycles. The summed E-state index contributed by atoms with van der Waals surface area (Å²) in [7, 11) is 1.73. The lowest BCUT2D eigenvalue weighted by Crippen LogP contribution is -2.46. The molecular weight excluding hydrogens is 367 g/mol. The Hall–Kier alpha value is -2.67. The van der Waals surface area contributed by atoms with Gasteiger partial charge in [-0.2, -0.15) is 0 Å². The smallest absolute Gasteiger partial charge is 0.191 e. The average molecular weight is 399 g/mol. The van der Waals surface area contributed by atoms with Gasteiger partial charge >= 0.3 is 0 Å². The maximum absolute atomic E-state index is 14.7. The highest BCUT2D eigenvalue weighted by atomic mass is 19.1. The number of hydrogen-bond donors (Lipinski definition) is 2. The monoisotopic (exact) mass is 398 g/mol. The number of hydrogen-bond acceptors (Lipinski definition) is 4. The Morgan fingerprint density at radius 2 is 1.97 bits per heavy atom. The molecule has 1 aliphatic heterocycles. The predicted octanol–water partition coefficient (Wildman–Crippen LogP) is 2.27. The Kier molecular flexibility index (Phi) is 7.81. The fourth-order valence-corrected chi connectivity index (χ4v) is 3.48.